The number of amides is 2. The Morgan fingerprint density at radius 1 is 0.667 bits per heavy atom. The molecule has 4 nitrogen and oxygen atoms in total. The van der Waals surface area contributed by atoms with Crippen molar-refractivity contribution in [3.63, 3.8) is 0 Å². The molecule has 1 saturated heterocycles. The van der Waals surface area contributed by atoms with Crippen LogP contribution < -0.4 is 10.9 Å². The van der Waals surface area contributed by atoms with Crippen LogP contribution in [0, 0.1) is 11.8 Å². The second kappa shape index (κ2) is 4.49. The first kappa shape index (κ1) is 14.7. The minimum atomic E-state index is -0.720. The van der Waals surface area contributed by atoms with Crippen molar-refractivity contribution in [3.05, 3.63) is 70.8 Å². The van der Waals surface area contributed by atoms with Crippen molar-refractivity contribution in [1.29, 1.82) is 0 Å². The van der Waals surface area contributed by atoms with Crippen molar-refractivity contribution in [2.24, 2.45) is 11.8 Å². The van der Waals surface area contributed by atoms with Crippen molar-refractivity contribution in [2.45, 2.75) is 8.65 Å². The molecule has 2 aromatic carbocycles. The van der Waals surface area contributed by atoms with Gasteiger partial charge in [0, 0.05) is 0 Å². The molecule has 2 bridgehead atoms. The highest BCUT2D eigenvalue weighted by atomic mass is 79.9. The van der Waals surface area contributed by atoms with E-state index >= 15 is 0 Å². The van der Waals surface area contributed by atoms with E-state index in [4.69, 9.17) is 0 Å². The minimum absolute atomic E-state index is 0.177. The van der Waals surface area contributed by atoms with E-state index in [-0.39, 0.29) is 11.8 Å². The Morgan fingerprint density at radius 2 is 0.958 bits per heavy atom. The molecule has 0 saturated carbocycles. The van der Waals surface area contributed by atoms with E-state index in [0.717, 1.165) is 22.3 Å². The van der Waals surface area contributed by atoms with Crippen molar-refractivity contribution in [1.82, 2.24) is 10.9 Å². The van der Waals surface area contributed by atoms with Gasteiger partial charge in [-0.25, -0.2) is 0 Å². The summed E-state index contributed by atoms with van der Waals surface area (Å²) in [7, 11) is 0. The van der Waals surface area contributed by atoms with Gasteiger partial charge >= 0.3 is 0 Å². The molecule has 6 heteroatoms. The van der Waals surface area contributed by atoms with Crippen LogP contribution in [0.4, 0.5) is 0 Å². The largest absolute Gasteiger partial charge is 0.273 e. The normalized spacial score (nSPS) is 35.4. The Hall–Kier alpha value is -1.66. The monoisotopic (exact) mass is 446 g/mol. The summed E-state index contributed by atoms with van der Waals surface area (Å²) in [5, 5.41) is 0. The highest BCUT2D eigenvalue weighted by Gasteiger charge is 2.69. The summed E-state index contributed by atoms with van der Waals surface area (Å²) in [6.07, 6.45) is 0. The molecule has 24 heavy (non-hydrogen) atoms. The van der Waals surface area contributed by atoms with Crippen molar-refractivity contribution in [2.75, 3.05) is 0 Å². The molecule has 0 aromatic heterocycles. The van der Waals surface area contributed by atoms with Gasteiger partial charge in [-0.1, -0.05) is 80.4 Å². The third-order valence-corrected chi connectivity index (χ3v) is 8.18. The molecule has 120 valence electrons. The van der Waals surface area contributed by atoms with Crippen LogP contribution in [0.3, 0.4) is 0 Å². The zero-order chi connectivity index (χ0) is 16.7. The van der Waals surface area contributed by atoms with Crippen LogP contribution in [0.1, 0.15) is 22.3 Å². The Morgan fingerprint density at radius 3 is 1.25 bits per heavy atom. The van der Waals surface area contributed by atoms with Gasteiger partial charge in [-0.15, -0.1) is 0 Å². The number of alkyl halides is 2. The molecule has 3 aliphatic carbocycles. The van der Waals surface area contributed by atoms with E-state index in [1.807, 2.05) is 48.5 Å². The lowest BCUT2D eigenvalue weighted by molar-refractivity contribution is -0.146. The second-order valence-electron chi connectivity index (χ2n) is 6.45. The van der Waals surface area contributed by atoms with Gasteiger partial charge in [-0.2, -0.15) is 0 Å². The number of carbonyl (C=O) groups is 2. The first-order chi connectivity index (χ1) is 11.5. The van der Waals surface area contributed by atoms with Gasteiger partial charge in [-0.05, 0) is 22.3 Å². The highest BCUT2D eigenvalue weighted by molar-refractivity contribution is 9.10. The van der Waals surface area contributed by atoms with Crippen molar-refractivity contribution in [3.8, 4) is 0 Å². The fourth-order valence-electron chi connectivity index (χ4n) is 4.60. The summed E-state index contributed by atoms with van der Waals surface area (Å²) in [5.74, 6) is -1.42. The fraction of sp³-hybridized carbons (Fsp3) is 0.222. The number of hydrogen-bond donors (Lipinski definition) is 2. The first-order valence-electron chi connectivity index (χ1n) is 7.68. The van der Waals surface area contributed by atoms with Crippen LogP contribution in [-0.4, -0.2) is 11.8 Å². The number of benzene rings is 2. The van der Waals surface area contributed by atoms with Gasteiger partial charge in [-0.3, -0.25) is 20.4 Å². The number of rotatable bonds is 0. The SMILES string of the molecule is O=C1NNC(=O)[C@H]2[C@H]1C1(Br)c3ccccc3C2(Br)c2ccccc21. The summed E-state index contributed by atoms with van der Waals surface area (Å²) in [6, 6.07) is 16.0. The summed E-state index contributed by atoms with van der Waals surface area (Å²) in [5.41, 5.74) is 9.20. The van der Waals surface area contributed by atoms with E-state index in [1.165, 1.54) is 0 Å². The minimum Gasteiger partial charge on any atom is -0.273 e. The molecule has 2 N–H and O–H groups in total. The molecule has 1 aliphatic heterocycles. The Bertz CT molecular complexity index is 805. The van der Waals surface area contributed by atoms with E-state index < -0.39 is 20.5 Å². The first-order valence-corrected chi connectivity index (χ1v) is 9.26. The predicted octanol–water partition coefficient (Wildman–Crippen LogP) is 2.68. The van der Waals surface area contributed by atoms with Crippen molar-refractivity contribution >= 4 is 43.7 Å². The number of nitrogens with one attached hydrogen (secondary N) is 2. The Balaban J connectivity index is 1.97. The molecule has 1 heterocycles. The van der Waals surface area contributed by atoms with Crippen LogP contribution in [0.2, 0.25) is 0 Å². The Labute approximate surface area is 155 Å². The number of halogens is 2. The highest BCUT2D eigenvalue weighted by Crippen LogP contribution is 2.69. The summed E-state index contributed by atoms with van der Waals surface area (Å²) in [6.45, 7) is 0. The van der Waals surface area contributed by atoms with Gasteiger partial charge in [0.1, 0.15) is 0 Å². The molecule has 0 radical (unpaired) electrons. The maximum Gasteiger partial charge on any atom is 0.244 e. The van der Waals surface area contributed by atoms with Gasteiger partial charge in [0.05, 0.1) is 20.5 Å². The van der Waals surface area contributed by atoms with Gasteiger partial charge in [0.25, 0.3) is 0 Å². The quantitative estimate of drug-likeness (QED) is 0.610. The number of carbonyl (C=O) groups excluding carboxylic acids is 2. The standard InChI is InChI=1S/C18H12Br2N2O2/c19-17-9-5-1-2-6-10(9)18(20,12-8-4-3-7-11(12)17)14-13(17)15(23)21-22-16(14)24/h1-8,13-14H,(H,21,23)(H,22,24)/t13-,14-,17?,18?/m1/s1. The van der Waals surface area contributed by atoms with Crippen LogP contribution in [0.5, 0.6) is 0 Å². The van der Waals surface area contributed by atoms with Crippen molar-refractivity contribution < 1.29 is 9.59 Å². The lowest BCUT2D eigenvalue weighted by Gasteiger charge is -2.59. The summed E-state index contributed by atoms with van der Waals surface area (Å²) >= 11 is 7.80. The second-order valence-corrected chi connectivity index (χ2v) is 8.95. The third kappa shape index (κ3) is 1.41. The van der Waals surface area contributed by atoms with Gasteiger partial charge in [0.2, 0.25) is 11.8 Å². The summed E-state index contributed by atoms with van der Waals surface area (Å²) in [4.78, 5) is 25.5. The number of hydrazine groups is 1. The van der Waals surface area contributed by atoms with E-state index in [2.05, 4.69) is 42.7 Å². The van der Waals surface area contributed by atoms with E-state index in [1.54, 1.807) is 0 Å². The zero-order valence-electron chi connectivity index (χ0n) is 12.3. The lowest BCUT2D eigenvalue weighted by atomic mass is 9.53. The molecule has 2 atom stereocenters. The molecule has 2 amide bonds. The van der Waals surface area contributed by atoms with E-state index in [0.29, 0.717) is 0 Å². The lowest BCUT2D eigenvalue weighted by Crippen LogP contribution is -2.69. The maximum atomic E-state index is 12.8. The van der Waals surface area contributed by atoms with Crippen LogP contribution in [-0.2, 0) is 18.2 Å². The maximum absolute atomic E-state index is 12.8. The number of hydrogen-bond acceptors (Lipinski definition) is 2. The van der Waals surface area contributed by atoms with Gasteiger partial charge in [0.15, 0.2) is 0 Å². The molecular formula is C18H12Br2N2O2. The van der Waals surface area contributed by atoms with Crippen LogP contribution >= 0.6 is 31.9 Å². The molecule has 2 aromatic rings. The zero-order valence-corrected chi connectivity index (χ0v) is 15.5. The molecular weight excluding hydrogens is 436 g/mol. The molecule has 0 unspecified atom stereocenters. The average molecular weight is 448 g/mol. The van der Waals surface area contributed by atoms with Crippen LogP contribution in [0.15, 0.2) is 48.5 Å². The molecule has 1 fully saturated rings. The molecule has 6 rings (SSSR count). The summed E-state index contributed by atoms with van der Waals surface area (Å²) < 4.78 is -1.44. The van der Waals surface area contributed by atoms with Crippen LogP contribution in [0.25, 0.3) is 0 Å². The Kier molecular flexibility index (Phi) is 2.74. The van der Waals surface area contributed by atoms with E-state index in [9.17, 15) is 9.59 Å². The molecule has 0 spiro atoms. The third-order valence-electron chi connectivity index (χ3n) is 5.49. The fourth-order valence-corrected chi connectivity index (χ4v) is 6.93. The molecule has 4 aliphatic rings. The average Bonchev–Trinajstić information content (AvgIpc) is 2.61. The predicted molar refractivity (Wildman–Crippen MR) is 95.6 cm³/mol. The van der Waals surface area contributed by atoms with Gasteiger partial charge < -0.3 is 0 Å². The topological polar surface area (TPSA) is 58.2 Å². The smallest absolute Gasteiger partial charge is 0.244 e.